The van der Waals surface area contributed by atoms with Gasteiger partial charge in [-0.3, -0.25) is 0 Å². The average Bonchev–Trinajstić information content (AvgIpc) is 2.13. The van der Waals surface area contributed by atoms with E-state index in [4.69, 9.17) is 5.73 Å². The molecule has 1 rings (SSSR count). The fraction of sp³-hybridized carbons (Fsp3) is 0.333. The quantitative estimate of drug-likeness (QED) is 0.854. The Bertz CT molecular complexity index is 287. The highest BCUT2D eigenvalue weighted by molar-refractivity contribution is 9.10. The van der Waals surface area contributed by atoms with Crippen molar-refractivity contribution < 1.29 is 4.39 Å². The Morgan fingerprint density at radius 1 is 1.62 bits per heavy atom. The summed E-state index contributed by atoms with van der Waals surface area (Å²) in [5, 5.41) is 3.01. The number of hydrogen-bond donors (Lipinski definition) is 2. The number of benzene rings is 1. The molecule has 0 amide bonds. The van der Waals surface area contributed by atoms with Crippen LogP contribution in [-0.2, 0) is 0 Å². The van der Waals surface area contributed by atoms with E-state index >= 15 is 0 Å². The Labute approximate surface area is 85.4 Å². The summed E-state index contributed by atoms with van der Waals surface area (Å²) in [7, 11) is 1.80. The molecular formula is C9H12BrFN2. The van der Waals surface area contributed by atoms with Crippen molar-refractivity contribution in [2.45, 2.75) is 6.04 Å². The first kappa shape index (κ1) is 10.6. The second-order valence-corrected chi connectivity index (χ2v) is 3.60. The van der Waals surface area contributed by atoms with Crippen molar-refractivity contribution in [3.05, 3.63) is 34.1 Å². The Morgan fingerprint density at radius 2 is 2.31 bits per heavy atom. The van der Waals surface area contributed by atoms with Crippen LogP contribution in [0.15, 0.2) is 22.7 Å². The molecule has 0 radical (unpaired) electrons. The van der Waals surface area contributed by atoms with E-state index in [1.807, 2.05) is 6.07 Å². The smallest absolute Gasteiger partial charge is 0.137 e. The Morgan fingerprint density at radius 3 is 2.77 bits per heavy atom. The molecule has 13 heavy (non-hydrogen) atoms. The van der Waals surface area contributed by atoms with E-state index in [9.17, 15) is 4.39 Å². The Hall–Kier alpha value is -0.450. The average molecular weight is 247 g/mol. The predicted octanol–water partition coefficient (Wildman–Crippen LogP) is 1.81. The number of nitrogens with two attached hydrogens (primary N) is 1. The zero-order valence-electron chi connectivity index (χ0n) is 7.35. The molecule has 0 aliphatic carbocycles. The van der Waals surface area contributed by atoms with E-state index in [2.05, 4.69) is 21.2 Å². The predicted molar refractivity (Wildman–Crippen MR) is 55.0 cm³/mol. The topological polar surface area (TPSA) is 38.0 Å². The van der Waals surface area contributed by atoms with Crippen LogP contribution in [0.2, 0.25) is 0 Å². The normalized spacial score (nSPS) is 12.9. The molecule has 0 spiro atoms. The minimum atomic E-state index is -0.258. The summed E-state index contributed by atoms with van der Waals surface area (Å²) in [4.78, 5) is 0. The molecule has 0 heterocycles. The molecule has 0 saturated heterocycles. The second-order valence-electron chi connectivity index (χ2n) is 2.75. The lowest BCUT2D eigenvalue weighted by atomic mass is 10.1. The van der Waals surface area contributed by atoms with Gasteiger partial charge in [-0.15, -0.1) is 0 Å². The van der Waals surface area contributed by atoms with Gasteiger partial charge >= 0.3 is 0 Å². The summed E-state index contributed by atoms with van der Waals surface area (Å²) in [5.41, 5.74) is 6.37. The fourth-order valence-corrected chi connectivity index (χ4v) is 1.40. The van der Waals surface area contributed by atoms with Gasteiger partial charge in [-0.05, 0) is 40.7 Å². The lowest BCUT2D eigenvalue weighted by molar-refractivity contribution is 0.584. The van der Waals surface area contributed by atoms with Crippen molar-refractivity contribution in [2.24, 2.45) is 5.73 Å². The molecule has 0 fully saturated rings. The number of halogens is 2. The van der Waals surface area contributed by atoms with Crippen LogP contribution >= 0.6 is 15.9 Å². The molecule has 0 aliphatic heterocycles. The van der Waals surface area contributed by atoms with Crippen molar-refractivity contribution in [3.8, 4) is 0 Å². The molecule has 0 bridgehead atoms. The van der Waals surface area contributed by atoms with Gasteiger partial charge in [-0.1, -0.05) is 6.07 Å². The zero-order chi connectivity index (χ0) is 9.84. The molecule has 0 aliphatic rings. The van der Waals surface area contributed by atoms with Crippen molar-refractivity contribution in [3.63, 3.8) is 0 Å². The summed E-state index contributed by atoms with van der Waals surface area (Å²) in [5.74, 6) is -0.258. The third kappa shape index (κ3) is 2.49. The first-order valence-electron chi connectivity index (χ1n) is 4.01. The van der Waals surface area contributed by atoms with Gasteiger partial charge < -0.3 is 11.1 Å². The minimum Gasteiger partial charge on any atom is -0.329 e. The van der Waals surface area contributed by atoms with Crippen LogP contribution in [-0.4, -0.2) is 13.6 Å². The van der Waals surface area contributed by atoms with Crippen LogP contribution in [0.4, 0.5) is 4.39 Å². The number of hydrogen-bond acceptors (Lipinski definition) is 2. The molecule has 0 aromatic heterocycles. The van der Waals surface area contributed by atoms with Crippen LogP contribution in [0, 0.1) is 5.82 Å². The van der Waals surface area contributed by atoms with Crippen LogP contribution in [0.3, 0.4) is 0 Å². The molecule has 1 aromatic rings. The molecule has 1 unspecified atom stereocenters. The molecular weight excluding hydrogens is 235 g/mol. The summed E-state index contributed by atoms with van der Waals surface area (Å²) in [6.45, 7) is 0.456. The third-order valence-electron chi connectivity index (χ3n) is 1.93. The molecule has 0 saturated carbocycles. The summed E-state index contributed by atoms with van der Waals surface area (Å²) in [6, 6.07) is 5.03. The van der Waals surface area contributed by atoms with E-state index in [-0.39, 0.29) is 11.9 Å². The standard InChI is InChI=1S/C9H12BrFN2/c1-13-9(5-12)6-2-3-7(10)8(11)4-6/h2-4,9,13H,5,12H2,1H3. The van der Waals surface area contributed by atoms with Crippen LogP contribution in [0.1, 0.15) is 11.6 Å². The van der Waals surface area contributed by atoms with E-state index in [0.29, 0.717) is 11.0 Å². The highest BCUT2D eigenvalue weighted by Crippen LogP contribution is 2.19. The zero-order valence-corrected chi connectivity index (χ0v) is 8.94. The van der Waals surface area contributed by atoms with Gasteiger partial charge in [0.05, 0.1) is 4.47 Å². The van der Waals surface area contributed by atoms with Crippen LogP contribution < -0.4 is 11.1 Å². The molecule has 72 valence electrons. The van der Waals surface area contributed by atoms with Crippen molar-refractivity contribution >= 4 is 15.9 Å². The van der Waals surface area contributed by atoms with E-state index in [1.54, 1.807) is 13.1 Å². The summed E-state index contributed by atoms with van der Waals surface area (Å²) < 4.78 is 13.6. The maximum atomic E-state index is 13.1. The number of rotatable bonds is 3. The maximum Gasteiger partial charge on any atom is 0.137 e. The van der Waals surface area contributed by atoms with Crippen molar-refractivity contribution in [1.82, 2.24) is 5.32 Å². The highest BCUT2D eigenvalue weighted by atomic mass is 79.9. The molecule has 4 heteroatoms. The van der Waals surface area contributed by atoms with Gasteiger partial charge in [0, 0.05) is 12.6 Å². The maximum absolute atomic E-state index is 13.1. The monoisotopic (exact) mass is 246 g/mol. The summed E-state index contributed by atoms with van der Waals surface area (Å²) in [6.07, 6.45) is 0. The third-order valence-corrected chi connectivity index (χ3v) is 2.57. The summed E-state index contributed by atoms with van der Waals surface area (Å²) >= 11 is 3.10. The minimum absolute atomic E-state index is 0.0163. The highest BCUT2D eigenvalue weighted by Gasteiger charge is 2.08. The molecule has 2 nitrogen and oxygen atoms in total. The van der Waals surface area contributed by atoms with Crippen LogP contribution in [0.5, 0.6) is 0 Å². The number of nitrogens with one attached hydrogen (secondary N) is 1. The van der Waals surface area contributed by atoms with Gasteiger partial charge in [0.2, 0.25) is 0 Å². The first-order valence-corrected chi connectivity index (χ1v) is 4.80. The van der Waals surface area contributed by atoms with E-state index < -0.39 is 0 Å². The van der Waals surface area contributed by atoms with Gasteiger partial charge in [0.1, 0.15) is 5.82 Å². The lowest BCUT2D eigenvalue weighted by Gasteiger charge is -2.14. The van der Waals surface area contributed by atoms with E-state index in [1.165, 1.54) is 6.07 Å². The first-order chi connectivity index (χ1) is 6.19. The lowest BCUT2D eigenvalue weighted by Crippen LogP contribution is -2.24. The van der Waals surface area contributed by atoms with Gasteiger partial charge in [0.15, 0.2) is 0 Å². The fourth-order valence-electron chi connectivity index (χ4n) is 1.15. The van der Waals surface area contributed by atoms with Crippen LogP contribution in [0.25, 0.3) is 0 Å². The second kappa shape index (κ2) is 4.69. The van der Waals surface area contributed by atoms with Gasteiger partial charge in [-0.25, -0.2) is 4.39 Å². The molecule has 1 aromatic carbocycles. The van der Waals surface area contributed by atoms with Gasteiger partial charge in [-0.2, -0.15) is 0 Å². The van der Waals surface area contributed by atoms with Crippen molar-refractivity contribution in [1.29, 1.82) is 0 Å². The molecule has 1 atom stereocenters. The molecule has 3 N–H and O–H groups in total. The van der Waals surface area contributed by atoms with E-state index in [0.717, 1.165) is 5.56 Å². The number of likely N-dealkylation sites (N-methyl/N-ethyl adjacent to an activating group) is 1. The van der Waals surface area contributed by atoms with Crippen molar-refractivity contribution in [2.75, 3.05) is 13.6 Å². The largest absolute Gasteiger partial charge is 0.329 e. The Balaban J connectivity index is 2.95. The van der Waals surface area contributed by atoms with Gasteiger partial charge in [0.25, 0.3) is 0 Å². The Kier molecular flexibility index (Phi) is 3.84. The SMILES string of the molecule is CNC(CN)c1ccc(Br)c(F)c1.